The highest BCUT2D eigenvalue weighted by Crippen LogP contribution is 2.31. The lowest BCUT2D eigenvalue weighted by molar-refractivity contribution is 0.0527. The molecular weight excluding hydrogens is 284 g/mol. The van der Waals surface area contributed by atoms with Crippen LogP contribution < -0.4 is 5.32 Å². The molecule has 102 valence electrons. The van der Waals surface area contributed by atoms with Crippen molar-refractivity contribution in [3.63, 3.8) is 0 Å². The van der Waals surface area contributed by atoms with Crippen LogP contribution >= 0.6 is 22.9 Å². The summed E-state index contributed by atoms with van der Waals surface area (Å²) in [6, 6.07) is 3.45. The zero-order valence-electron chi connectivity index (χ0n) is 10.8. The molecular formula is C13H15ClN2O2S. The maximum atomic E-state index is 11.7. The van der Waals surface area contributed by atoms with E-state index in [4.69, 9.17) is 16.3 Å². The van der Waals surface area contributed by atoms with Gasteiger partial charge in [0.2, 0.25) is 0 Å². The zero-order valence-corrected chi connectivity index (χ0v) is 12.4. The average molecular weight is 299 g/mol. The molecule has 0 aliphatic heterocycles. The number of carbonyl (C=O) groups is 1. The molecule has 0 atom stereocenters. The molecule has 1 heterocycles. The number of halogens is 1. The van der Waals surface area contributed by atoms with Crippen LogP contribution in [-0.2, 0) is 4.74 Å². The summed E-state index contributed by atoms with van der Waals surface area (Å²) in [5.41, 5.74) is 1.12. The van der Waals surface area contributed by atoms with E-state index >= 15 is 0 Å². The van der Waals surface area contributed by atoms with E-state index in [-0.39, 0.29) is 0 Å². The summed E-state index contributed by atoms with van der Waals surface area (Å²) in [6.07, 6.45) is 1.03. The number of anilines is 1. The SMILES string of the molecule is CCCNc1nc2cc(C(=O)OCC)c(Cl)cc2s1. The van der Waals surface area contributed by atoms with Crippen molar-refractivity contribution in [3.8, 4) is 0 Å². The van der Waals surface area contributed by atoms with Crippen LogP contribution in [0.25, 0.3) is 10.2 Å². The quantitative estimate of drug-likeness (QED) is 0.849. The molecule has 0 unspecified atom stereocenters. The Balaban J connectivity index is 2.35. The van der Waals surface area contributed by atoms with Gasteiger partial charge in [-0.05, 0) is 25.5 Å². The lowest BCUT2D eigenvalue weighted by Gasteiger charge is -2.03. The molecule has 6 heteroatoms. The lowest BCUT2D eigenvalue weighted by Crippen LogP contribution is -2.05. The van der Waals surface area contributed by atoms with Gasteiger partial charge in [-0.2, -0.15) is 0 Å². The van der Waals surface area contributed by atoms with Crippen molar-refractivity contribution in [1.82, 2.24) is 4.98 Å². The van der Waals surface area contributed by atoms with Crippen LogP contribution in [0.3, 0.4) is 0 Å². The maximum absolute atomic E-state index is 11.7. The Morgan fingerprint density at radius 2 is 2.26 bits per heavy atom. The number of benzene rings is 1. The van der Waals surface area contributed by atoms with Crippen LogP contribution in [-0.4, -0.2) is 24.1 Å². The first-order chi connectivity index (χ1) is 9.15. The third kappa shape index (κ3) is 3.16. The van der Waals surface area contributed by atoms with Gasteiger partial charge >= 0.3 is 5.97 Å². The zero-order chi connectivity index (χ0) is 13.8. The normalized spacial score (nSPS) is 10.7. The van der Waals surface area contributed by atoms with E-state index < -0.39 is 5.97 Å². The van der Waals surface area contributed by atoms with Gasteiger partial charge in [0.1, 0.15) is 0 Å². The van der Waals surface area contributed by atoms with Crippen LogP contribution in [0.4, 0.5) is 5.13 Å². The second-order valence-corrected chi connectivity index (χ2v) is 5.40. The molecule has 1 aromatic carbocycles. The van der Waals surface area contributed by atoms with Crippen molar-refractivity contribution >= 4 is 44.3 Å². The van der Waals surface area contributed by atoms with E-state index in [0.29, 0.717) is 17.2 Å². The standard InChI is InChI=1S/C13H15ClN2O2S/c1-3-5-15-13-16-10-6-8(12(17)18-4-2)9(14)7-11(10)19-13/h6-7H,3-5H2,1-2H3,(H,15,16). The van der Waals surface area contributed by atoms with Gasteiger partial charge in [-0.25, -0.2) is 9.78 Å². The van der Waals surface area contributed by atoms with Gasteiger partial charge in [0, 0.05) is 6.54 Å². The van der Waals surface area contributed by atoms with Gasteiger partial charge in [0.15, 0.2) is 5.13 Å². The molecule has 1 N–H and O–H groups in total. The molecule has 0 saturated heterocycles. The first kappa shape index (κ1) is 14.1. The minimum atomic E-state index is -0.412. The van der Waals surface area contributed by atoms with Gasteiger partial charge < -0.3 is 10.1 Å². The predicted octanol–water partition coefficient (Wildman–Crippen LogP) is 3.95. The largest absolute Gasteiger partial charge is 0.462 e. The number of nitrogens with one attached hydrogen (secondary N) is 1. The number of fused-ring (bicyclic) bond motifs is 1. The Hall–Kier alpha value is -1.33. The third-order valence-corrected chi connectivity index (χ3v) is 3.79. The predicted molar refractivity (Wildman–Crippen MR) is 79.4 cm³/mol. The molecule has 1 aromatic heterocycles. The number of carbonyl (C=O) groups excluding carboxylic acids is 1. The highest BCUT2D eigenvalue weighted by Gasteiger charge is 2.15. The van der Waals surface area contributed by atoms with E-state index in [9.17, 15) is 4.79 Å². The highest BCUT2D eigenvalue weighted by atomic mass is 35.5. The van der Waals surface area contributed by atoms with Gasteiger partial charge in [-0.1, -0.05) is 29.9 Å². The summed E-state index contributed by atoms with van der Waals surface area (Å²) in [7, 11) is 0. The summed E-state index contributed by atoms with van der Waals surface area (Å²) in [4.78, 5) is 16.2. The first-order valence-corrected chi connectivity index (χ1v) is 7.36. The Kier molecular flexibility index (Phi) is 4.61. The average Bonchev–Trinajstić information content (AvgIpc) is 2.77. The van der Waals surface area contributed by atoms with Crippen LogP contribution in [0.15, 0.2) is 12.1 Å². The number of hydrogen-bond acceptors (Lipinski definition) is 5. The smallest absolute Gasteiger partial charge is 0.339 e. The molecule has 0 saturated carbocycles. The second kappa shape index (κ2) is 6.21. The fourth-order valence-corrected chi connectivity index (χ4v) is 2.84. The molecule has 19 heavy (non-hydrogen) atoms. The van der Waals surface area contributed by atoms with Gasteiger partial charge in [0.05, 0.1) is 27.4 Å². The van der Waals surface area contributed by atoms with Crippen molar-refractivity contribution in [2.45, 2.75) is 20.3 Å². The highest BCUT2D eigenvalue weighted by molar-refractivity contribution is 7.22. The minimum absolute atomic E-state index is 0.327. The van der Waals surface area contributed by atoms with Crippen molar-refractivity contribution in [2.75, 3.05) is 18.5 Å². The molecule has 2 rings (SSSR count). The molecule has 4 nitrogen and oxygen atoms in total. The summed E-state index contributed by atoms with van der Waals surface area (Å²) in [5, 5.41) is 4.47. The van der Waals surface area contributed by atoms with Gasteiger partial charge in [0.25, 0.3) is 0 Å². The van der Waals surface area contributed by atoms with Gasteiger partial charge in [-0.15, -0.1) is 0 Å². The van der Waals surface area contributed by atoms with E-state index in [1.165, 1.54) is 11.3 Å². The molecule has 0 fully saturated rings. The van der Waals surface area contributed by atoms with E-state index in [1.807, 2.05) is 0 Å². The van der Waals surface area contributed by atoms with Gasteiger partial charge in [-0.3, -0.25) is 0 Å². The Morgan fingerprint density at radius 3 is 2.95 bits per heavy atom. The van der Waals surface area contributed by atoms with Crippen LogP contribution in [0, 0.1) is 0 Å². The number of hydrogen-bond donors (Lipinski definition) is 1. The molecule has 0 amide bonds. The van der Waals surface area contributed by atoms with Crippen LogP contribution in [0.1, 0.15) is 30.6 Å². The second-order valence-electron chi connectivity index (χ2n) is 3.97. The fourth-order valence-electron chi connectivity index (χ4n) is 1.62. The molecule has 0 aliphatic carbocycles. The number of ether oxygens (including phenoxy) is 1. The van der Waals surface area contributed by atoms with Crippen molar-refractivity contribution in [1.29, 1.82) is 0 Å². The summed E-state index contributed by atoms with van der Waals surface area (Å²) in [5.74, 6) is -0.412. The summed E-state index contributed by atoms with van der Waals surface area (Å²) >= 11 is 7.63. The molecule has 0 radical (unpaired) electrons. The molecule has 2 aromatic rings. The molecule has 0 aliphatic rings. The van der Waals surface area contributed by atoms with Crippen molar-refractivity contribution in [3.05, 3.63) is 22.7 Å². The first-order valence-electron chi connectivity index (χ1n) is 6.16. The van der Waals surface area contributed by atoms with E-state index in [1.54, 1.807) is 19.1 Å². The van der Waals surface area contributed by atoms with E-state index in [2.05, 4.69) is 17.2 Å². The number of nitrogens with zero attached hydrogens (tertiary/aromatic N) is 1. The maximum Gasteiger partial charge on any atom is 0.339 e. The minimum Gasteiger partial charge on any atom is -0.462 e. The lowest BCUT2D eigenvalue weighted by atomic mass is 10.2. The van der Waals surface area contributed by atoms with Crippen LogP contribution in [0.2, 0.25) is 5.02 Å². The van der Waals surface area contributed by atoms with Crippen LogP contribution in [0.5, 0.6) is 0 Å². The number of esters is 1. The number of rotatable bonds is 5. The summed E-state index contributed by atoms with van der Waals surface area (Å²) < 4.78 is 5.92. The van der Waals surface area contributed by atoms with E-state index in [0.717, 1.165) is 28.3 Å². The Bertz CT molecular complexity index is 598. The topological polar surface area (TPSA) is 51.2 Å². The summed E-state index contributed by atoms with van der Waals surface area (Å²) in [6.45, 7) is 5.06. The monoisotopic (exact) mass is 298 g/mol. The van der Waals surface area contributed by atoms with Crippen molar-refractivity contribution in [2.24, 2.45) is 0 Å². The Morgan fingerprint density at radius 1 is 1.47 bits per heavy atom. The molecule has 0 bridgehead atoms. The number of aromatic nitrogens is 1. The van der Waals surface area contributed by atoms with Crippen molar-refractivity contribution < 1.29 is 9.53 Å². The third-order valence-electron chi connectivity index (χ3n) is 2.50. The molecule has 0 spiro atoms. The Labute approximate surface area is 120 Å². The number of thiazole rings is 1. The fraction of sp³-hybridized carbons (Fsp3) is 0.385.